The lowest BCUT2D eigenvalue weighted by molar-refractivity contribution is -0.659. The van der Waals surface area contributed by atoms with Crippen LogP contribution in [0.15, 0.2) is 89.5 Å². The second-order valence-corrected chi connectivity index (χ2v) is 11.1. The number of benzene rings is 4. The lowest BCUT2D eigenvalue weighted by atomic mass is 9.90. The molecule has 2 heterocycles. The second kappa shape index (κ2) is 8.89. The average Bonchev–Trinajstić information content (AvgIpc) is 3.42. The molecule has 0 fully saturated rings. The van der Waals surface area contributed by atoms with E-state index in [9.17, 15) is 0 Å². The molecule has 3 heteroatoms. The first-order valence-corrected chi connectivity index (χ1v) is 13.4. The van der Waals surface area contributed by atoms with Gasteiger partial charge in [0.25, 0.3) is 0 Å². The van der Waals surface area contributed by atoms with E-state index >= 15 is 4.39 Å². The number of hydrogen-bond donors (Lipinski definition) is 0. The zero-order chi connectivity index (χ0) is 33.8. The van der Waals surface area contributed by atoms with Crippen molar-refractivity contribution in [1.82, 2.24) is 0 Å². The predicted molar refractivity (Wildman–Crippen MR) is 162 cm³/mol. The lowest BCUT2D eigenvalue weighted by Crippen LogP contribution is -2.31. The molecular weight excluding hydrogens is 493 g/mol. The Hall–Kier alpha value is -4.24. The molecule has 1 aliphatic rings. The Bertz CT molecular complexity index is 2250. The van der Waals surface area contributed by atoms with Crippen LogP contribution in [0.5, 0.6) is 0 Å². The molecule has 2 nitrogen and oxygen atoms in total. The molecule has 4 aromatic carbocycles. The Kier molecular flexibility index (Phi) is 4.04. The molecule has 0 N–H and O–H groups in total. The smallest absolute Gasteiger partial charge is 0.216 e. The third kappa shape index (κ3) is 3.87. The molecule has 1 aliphatic carbocycles. The van der Waals surface area contributed by atoms with E-state index < -0.39 is 30.8 Å². The minimum Gasteiger partial charge on any atom is -0.454 e. The molecule has 0 unspecified atom stereocenters. The van der Waals surface area contributed by atoms with Crippen LogP contribution in [-0.4, -0.2) is 0 Å². The quantitative estimate of drug-likeness (QED) is 0.207. The first-order valence-electron chi connectivity index (χ1n) is 16.9. The van der Waals surface area contributed by atoms with Crippen LogP contribution >= 0.6 is 0 Å². The fourth-order valence-electron chi connectivity index (χ4n) is 5.93. The number of halogens is 1. The Morgan fingerprint density at radius 2 is 1.55 bits per heavy atom. The molecule has 0 saturated carbocycles. The van der Waals surface area contributed by atoms with E-state index in [-0.39, 0.29) is 27.8 Å². The molecular formula is C37H33FNO+. The van der Waals surface area contributed by atoms with Gasteiger partial charge in [-0.25, -0.2) is 8.96 Å². The highest BCUT2D eigenvalue weighted by molar-refractivity contribution is 6.13. The zero-order valence-electron chi connectivity index (χ0n) is 29.8. The van der Waals surface area contributed by atoms with Crippen molar-refractivity contribution in [1.29, 1.82) is 0 Å². The van der Waals surface area contributed by atoms with Crippen molar-refractivity contribution < 1.29 is 23.0 Å². The maximum atomic E-state index is 15.8. The number of fused-ring (bicyclic) bond motifs is 4. The van der Waals surface area contributed by atoms with Gasteiger partial charge in [-0.3, -0.25) is 0 Å². The van der Waals surface area contributed by atoms with Crippen molar-refractivity contribution in [2.45, 2.75) is 40.4 Å². The third-order valence-electron chi connectivity index (χ3n) is 7.78. The van der Waals surface area contributed by atoms with Crippen molar-refractivity contribution >= 4 is 21.9 Å². The van der Waals surface area contributed by atoms with E-state index in [1.807, 2.05) is 67.2 Å². The van der Waals surface area contributed by atoms with E-state index in [4.69, 9.17) is 14.0 Å². The standard InChI is InChI=1S/C37H33FNO/c1-22-11-14-28-29-15-16-31(38)34(25-12-13-26-19-37(3,4)20-27(26)18-25)36(29)40-35(28)33(22)32-17-23(2)30(21-39(32)5)24-9-7-6-8-10-24/h6-18,21H,19-20H2,1-5H3/q+1/i2D3,19D2,20D2. The largest absolute Gasteiger partial charge is 0.454 e. The molecule has 6 aromatic rings. The molecule has 0 aliphatic heterocycles. The molecule has 0 atom stereocenters. The van der Waals surface area contributed by atoms with Crippen LogP contribution in [0.2, 0.25) is 0 Å². The number of nitrogens with zero attached hydrogens (tertiary/aromatic N) is 1. The summed E-state index contributed by atoms with van der Waals surface area (Å²) in [5, 5.41) is 1.37. The fraction of sp³-hybridized carbons (Fsp3) is 0.216. The van der Waals surface area contributed by atoms with Gasteiger partial charge in [0, 0.05) is 32.0 Å². The Morgan fingerprint density at radius 1 is 0.825 bits per heavy atom. The van der Waals surface area contributed by atoms with Gasteiger partial charge in [-0.05, 0) is 77.4 Å². The van der Waals surface area contributed by atoms with E-state index in [1.54, 1.807) is 44.2 Å². The summed E-state index contributed by atoms with van der Waals surface area (Å²) < 4.78 is 84.6. The van der Waals surface area contributed by atoms with Gasteiger partial charge in [0.05, 0.1) is 11.1 Å². The van der Waals surface area contributed by atoms with Gasteiger partial charge in [-0.1, -0.05) is 74.5 Å². The van der Waals surface area contributed by atoms with Crippen LogP contribution in [0.4, 0.5) is 4.39 Å². The van der Waals surface area contributed by atoms with Gasteiger partial charge in [-0.15, -0.1) is 0 Å². The van der Waals surface area contributed by atoms with E-state index in [0.29, 0.717) is 33.4 Å². The summed E-state index contributed by atoms with van der Waals surface area (Å²) in [5.74, 6) is -0.557. The number of rotatable bonds is 3. The number of aryl methyl sites for hydroxylation is 3. The zero-order valence-corrected chi connectivity index (χ0v) is 22.8. The summed E-state index contributed by atoms with van der Waals surface area (Å²) in [6.45, 7) is 2.66. The minimum absolute atomic E-state index is 0.151. The first kappa shape index (κ1) is 18.2. The SMILES string of the molecule is [2H]C([2H])([2H])c1cc(-c2c(C)ccc3c2oc2c(-c4ccc5c(c4)C([2H])([2H])C(C)(C)C5([2H])[2H])c(F)ccc23)[n+](C)cc1-c1ccccc1. The third-order valence-corrected chi connectivity index (χ3v) is 7.78. The predicted octanol–water partition coefficient (Wildman–Crippen LogP) is 9.29. The molecule has 0 bridgehead atoms. The highest BCUT2D eigenvalue weighted by Crippen LogP contribution is 2.44. The van der Waals surface area contributed by atoms with Crippen LogP contribution < -0.4 is 4.57 Å². The maximum Gasteiger partial charge on any atom is 0.216 e. The van der Waals surface area contributed by atoms with E-state index in [2.05, 4.69) is 0 Å². The summed E-state index contributed by atoms with van der Waals surface area (Å²) in [6, 6.07) is 22.6. The molecule has 0 amide bonds. The molecule has 40 heavy (non-hydrogen) atoms. The number of pyridine rings is 1. The molecule has 7 rings (SSSR count). The first-order chi connectivity index (χ1) is 22.0. The average molecular weight is 534 g/mol. The fourth-order valence-corrected chi connectivity index (χ4v) is 5.93. The van der Waals surface area contributed by atoms with E-state index in [0.717, 1.165) is 16.5 Å². The second-order valence-electron chi connectivity index (χ2n) is 11.1. The van der Waals surface area contributed by atoms with Crippen molar-refractivity contribution in [3.8, 4) is 33.5 Å². The van der Waals surface area contributed by atoms with Gasteiger partial charge in [-0.2, -0.15) is 0 Å². The molecule has 0 spiro atoms. The summed E-state index contributed by atoms with van der Waals surface area (Å²) in [5.41, 5.74) is 4.09. The topological polar surface area (TPSA) is 17.0 Å². The number of hydrogen-bond acceptors (Lipinski definition) is 1. The monoisotopic (exact) mass is 533 g/mol. The van der Waals surface area contributed by atoms with Crippen LogP contribution in [0.1, 0.15) is 45.7 Å². The Labute approximate surface area is 244 Å². The molecule has 0 radical (unpaired) electrons. The maximum absolute atomic E-state index is 15.8. The normalized spacial score (nSPS) is 19.7. The van der Waals surface area contributed by atoms with Gasteiger partial charge < -0.3 is 4.42 Å². The van der Waals surface area contributed by atoms with Gasteiger partial charge in [0.2, 0.25) is 5.69 Å². The Balaban J connectivity index is 1.48. The van der Waals surface area contributed by atoms with Gasteiger partial charge >= 0.3 is 0 Å². The lowest BCUT2D eigenvalue weighted by Gasteiger charge is -2.14. The van der Waals surface area contributed by atoms with Crippen molar-refractivity contribution in [3.05, 3.63) is 113 Å². The number of furan rings is 1. The summed E-state index contributed by atoms with van der Waals surface area (Å²) in [7, 11) is 1.86. The highest BCUT2D eigenvalue weighted by atomic mass is 19.1. The van der Waals surface area contributed by atoms with Gasteiger partial charge in [0.15, 0.2) is 6.20 Å². The van der Waals surface area contributed by atoms with E-state index in [1.165, 1.54) is 6.07 Å². The van der Waals surface area contributed by atoms with Crippen molar-refractivity contribution in [3.63, 3.8) is 0 Å². The van der Waals surface area contributed by atoms with Crippen LogP contribution in [0, 0.1) is 25.0 Å². The van der Waals surface area contributed by atoms with Crippen LogP contribution in [0.25, 0.3) is 55.4 Å². The van der Waals surface area contributed by atoms with Crippen LogP contribution in [-0.2, 0) is 19.8 Å². The summed E-state index contributed by atoms with van der Waals surface area (Å²) in [4.78, 5) is 0. The number of aromatic nitrogens is 1. The minimum atomic E-state index is -2.40. The molecule has 2 aromatic heterocycles. The summed E-state index contributed by atoms with van der Waals surface area (Å²) in [6.07, 6.45) is -2.12. The van der Waals surface area contributed by atoms with Crippen LogP contribution in [0.3, 0.4) is 0 Å². The highest BCUT2D eigenvalue weighted by Gasteiger charge is 2.29. The molecule has 198 valence electrons. The Morgan fingerprint density at radius 3 is 2.33 bits per heavy atom. The van der Waals surface area contributed by atoms with Crippen molar-refractivity contribution in [2.75, 3.05) is 0 Å². The summed E-state index contributed by atoms with van der Waals surface area (Å²) >= 11 is 0. The van der Waals surface area contributed by atoms with Gasteiger partial charge in [0.1, 0.15) is 24.0 Å². The molecule has 0 saturated heterocycles. The van der Waals surface area contributed by atoms with Crippen molar-refractivity contribution in [2.24, 2.45) is 12.5 Å².